The highest BCUT2D eigenvalue weighted by Crippen LogP contribution is 2.26. The number of hydrogen-bond donors (Lipinski definition) is 0. The molecule has 1 saturated carbocycles. The van der Waals surface area contributed by atoms with E-state index in [4.69, 9.17) is 0 Å². The van der Waals surface area contributed by atoms with Crippen LogP contribution in [0.3, 0.4) is 0 Å². The zero-order valence-electron chi connectivity index (χ0n) is 10.1. The highest BCUT2D eigenvalue weighted by molar-refractivity contribution is 8.93. The van der Waals surface area contributed by atoms with E-state index in [0.717, 1.165) is 16.1 Å². The van der Waals surface area contributed by atoms with E-state index in [9.17, 15) is 0 Å². The third-order valence-corrected chi connectivity index (χ3v) is 6.24. The van der Waals surface area contributed by atoms with Crippen molar-refractivity contribution in [1.82, 2.24) is 0 Å². The normalized spacial score (nSPS) is 17.0. The molecule has 94 valence electrons. The number of halogens is 2. The zero-order valence-corrected chi connectivity index (χ0v) is 14.3. The molecule has 0 saturated heterocycles. The van der Waals surface area contributed by atoms with Gasteiger partial charge in [-0.05, 0) is 49.4 Å². The SMILES string of the molecule is Br.CCC[S+](CCC)C1CCCCC1.[Br-]. The largest absolute Gasteiger partial charge is 1.00 e. The van der Waals surface area contributed by atoms with Gasteiger partial charge < -0.3 is 17.0 Å². The minimum Gasteiger partial charge on any atom is -1.00 e. The summed E-state index contributed by atoms with van der Waals surface area (Å²) >= 11 is 0. The molecule has 0 aliphatic heterocycles. The Kier molecular flexibility index (Phi) is 14.7. The molecule has 0 amide bonds. The summed E-state index contributed by atoms with van der Waals surface area (Å²) in [6, 6.07) is 0. The Hall–Kier alpha value is 1.31. The predicted octanol–water partition coefficient (Wildman–Crippen LogP) is 1.34. The molecule has 0 aromatic carbocycles. The van der Waals surface area contributed by atoms with Gasteiger partial charge >= 0.3 is 0 Å². The third-order valence-electron chi connectivity index (χ3n) is 2.96. The Balaban J connectivity index is 0. The van der Waals surface area contributed by atoms with Crippen molar-refractivity contribution >= 4 is 27.9 Å². The molecule has 0 aromatic heterocycles. The van der Waals surface area contributed by atoms with Crippen molar-refractivity contribution in [2.75, 3.05) is 11.5 Å². The van der Waals surface area contributed by atoms with Gasteiger partial charge in [-0.15, -0.1) is 17.0 Å². The summed E-state index contributed by atoms with van der Waals surface area (Å²) in [6.45, 7) is 4.69. The summed E-state index contributed by atoms with van der Waals surface area (Å²) in [5.41, 5.74) is 0. The third kappa shape index (κ3) is 7.27. The fourth-order valence-corrected chi connectivity index (χ4v) is 5.28. The van der Waals surface area contributed by atoms with Gasteiger partial charge in [0.2, 0.25) is 0 Å². The Morgan fingerprint density at radius 3 is 1.80 bits per heavy atom. The van der Waals surface area contributed by atoms with Crippen molar-refractivity contribution in [2.24, 2.45) is 0 Å². The van der Waals surface area contributed by atoms with Gasteiger partial charge in [0.1, 0.15) is 16.8 Å². The smallest absolute Gasteiger partial charge is 0.118 e. The average molecular weight is 362 g/mol. The van der Waals surface area contributed by atoms with Gasteiger partial charge in [0.05, 0.1) is 0 Å². The fourth-order valence-electron chi connectivity index (χ4n) is 2.36. The molecule has 0 atom stereocenters. The molecule has 0 aromatic rings. The van der Waals surface area contributed by atoms with E-state index in [1.165, 1.54) is 43.6 Å². The van der Waals surface area contributed by atoms with Gasteiger partial charge in [-0.2, -0.15) is 0 Å². The van der Waals surface area contributed by atoms with Gasteiger partial charge in [-0.1, -0.05) is 20.3 Å². The summed E-state index contributed by atoms with van der Waals surface area (Å²) in [5, 5.41) is 1.12. The zero-order chi connectivity index (χ0) is 9.52. The van der Waals surface area contributed by atoms with E-state index >= 15 is 0 Å². The molecule has 0 nitrogen and oxygen atoms in total. The first kappa shape index (κ1) is 18.7. The first-order valence-electron chi connectivity index (χ1n) is 6.04. The summed E-state index contributed by atoms with van der Waals surface area (Å²) in [6.07, 6.45) is 10.4. The van der Waals surface area contributed by atoms with Crippen LogP contribution in [0.5, 0.6) is 0 Å². The summed E-state index contributed by atoms with van der Waals surface area (Å²) < 4.78 is 0. The molecule has 1 aliphatic carbocycles. The van der Waals surface area contributed by atoms with Gasteiger partial charge in [-0.25, -0.2) is 0 Å². The Morgan fingerprint density at radius 2 is 1.40 bits per heavy atom. The first-order valence-corrected chi connectivity index (χ1v) is 7.67. The molecule has 15 heavy (non-hydrogen) atoms. The van der Waals surface area contributed by atoms with Crippen LogP contribution in [0, 0.1) is 0 Å². The molecule has 0 bridgehead atoms. The van der Waals surface area contributed by atoms with Crippen molar-refractivity contribution in [1.29, 1.82) is 0 Å². The van der Waals surface area contributed by atoms with Crippen molar-refractivity contribution < 1.29 is 17.0 Å². The van der Waals surface area contributed by atoms with Crippen molar-refractivity contribution in [3.8, 4) is 0 Å². The van der Waals surface area contributed by atoms with Gasteiger partial charge in [0, 0.05) is 0 Å². The average Bonchev–Trinajstić information content (AvgIpc) is 2.19. The summed E-state index contributed by atoms with van der Waals surface area (Å²) in [5.74, 6) is 3.02. The molecule has 1 fully saturated rings. The maximum atomic E-state index is 2.35. The van der Waals surface area contributed by atoms with Crippen LogP contribution in [-0.2, 0) is 10.9 Å². The first-order chi connectivity index (χ1) is 6.38. The topological polar surface area (TPSA) is 0 Å². The molecule has 1 rings (SSSR count). The maximum absolute atomic E-state index is 2.35. The molecule has 1 aliphatic rings. The molecular formula is C12H26Br2S. The van der Waals surface area contributed by atoms with E-state index < -0.39 is 0 Å². The lowest BCUT2D eigenvalue weighted by Crippen LogP contribution is -3.00. The van der Waals surface area contributed by atoms with E-state index in [1.807, 2.05) is 0 Å². The molecule has 3 heteroatoms. The monoisotopic (exact) mass is 360 g/mol. The lowest BCUT2D eigenvalue weighted by Gasteiger charge is -2.22. The Labute approximate surface area is 120 Å². The molecule has 0 radical (unpaired) electrons. The van der Waals surface area contributed by atoms with Crippen LogP contribution in [0.25, 0.3) is 0 Å². The minimum atomic E-state index is 0. The molecule has 0 N–H and O–H groups in total. The summed E-state index contributed by atoms with van der Waals surface area (Å²) in [4.78, 5) is 0. The maximum Gasteiger partial charge on any atom is 0.118 e. The Morgan fingerprint density at radius 1 is 0.933 bits per heavy atom. The van der Waals surface area contributed by atoms with Crippen LogP contribution in [0.1, 0.15) is 58.8 Å². The van der Waals surface area contributed by atoms with E-state index in [0.29, 0.717) is 0 Å². The highest BCUT2D eigenvalue weighted by atomic mass is 79.9. The fraction of sp³-hybridized carbons (Fsp3) is 1.00. The molecule has 0 unspecified atom stereocenters. The number of hydrogen-bond acceptors (Lipinski definition) is 0. The second-order valence-corrected chi connectivity index (χ2v) is 6.76. The van der Waals surface area contributed by atoms with Crippen LogP contribution >= 0.6 is 17.0 Å². The van der Waals surface area contributed by atoms with E-state index in [-0.39, 0.29) is 34.0 Å². The lowest BCUT2D eigenvalue weighted by atomic mass is 10.0. The quantitative estimate of drug-likeness (QED) is 0.648. The highest BCUT2D eigenvalue weighted by Gasteiger charge is 2.29. The Bertz CT molecular complexity index is 119. The van der Waals surface area contributed by atoms with Crippen molar-refractivity contribution in [2.45, 2.75) is 64.0 Å². The van der Waals surface area contributed by atoms with Crippen molar-refractivity contribution in [3.63, 3.8) is 0 Å². The summed E-state index contributed by atoms with van der Waals surface area (Å²) in [7, 11) is 0.789. The predicted molar refractivity (Wildman–Crippen MR) is 74.9 cm³/mol. The minimum absolute atomic E-state index is 0. The van der Waals surface area contributed by atoms with E-state index in [2.05, 4.69) is 13.8 Å². The molecule has 0 spiro atoms. The second kappa shape index (κ2) is 11.8. The molecule has 0 heterocycles. The number of rotatable bonds is 5. The standard InChI is InChI=1S/C12H25S.2BrH/c1-3-10-13(11-4-2)12-8-6-5-7-9-12;;/h12H,3-11H2,1-2H3;2*1H/q+1;;/p-1. The van der Waals surface area contributed by atoms with Gasteiger partial charge in [0.25, 0.3) is 0 Å². The van der Waals surface area contributed by atoms with Crippen LogP contribution in [0.4, 0.5) is 0 Å². The van der Waals surface area contributed by atoms with E-state index in [1.54, 1.807) is 12.8 Å². The van der Waals surface area contributed by atoms with Gasteiger partial charge in [-0.3, -0.25) is 0 Å². The molecular weight excluding hydrogens is 336 g/mol. The van der Waals surface area contributed by atoms with Crippen LogP contribution in [0.15, 0.2) is 0 Å². The van der Waals surface area contributed by atoms with Crippen LogP contribution in [0.2, 0.25) is 0 Å². The van der Waals surface area contributed by atoms with Crippen LogP contribution in [-0.4, -0.2) is 16.8 Å². The second-order valence-electron chi connectivity index (χ2n) is 4.21. The van der Waals surface area contributed by atoms with Crippen LogP contribution < -0.4 is 17.0 Å². The lowest BCUT2D eigenvalue weighted by molar-refractivity contribution is -0.00000302. The van der Waals surface area contributed by atoms with Gasteiger partial charge in [0.15, 0.2) is 0 Å². The van der Waals surface area contributed by atoms with Crippen molar-refractivity contribution in [3.05, 3.63) is 0 Å².